The Hall–Kier alpha value is -3.29. The molecule has 0 unspecified atom stereocenters. The van der Waals surface area contributed by atoms with Crippen molar-refractivity contribution in [3.8, 4) is 11.5 Å². The average molecular weight is 492 g/mol. The van der Waals surface area contributed by atoms with Crippen molar-refractivity contribution < 1.29 is 14.3 Å². The first-order chi connectivity index (χ1) is 16.6. The van der Waals surface area contributed by atoms with E-state index >= 15 is 0 Å². The monoisotopic (exact) mass is 491 g/mol. The molecule has 1 atom stereocenters. The van der Waals surface area contributed by atoms with Gasteiger partial charge in [0, 0.05) is 28.8 Å². The molecule has 2 aliphatic heterocycles. The largest absolute Gasteiger partial charge is 0.493 e. The lowest BCUT2D eigenvalue weighted by atomic mass is 10.0. The highest BCUT2D eigenvalue weighted by molar-refractivity contribution is 8.13. The van der Waals surface area contributed by atoms with Gasteiger partial charge in [0.05, 0.1) is 19.9 Å². The van der Waals surface area contributed by atoms with Crippen LogP contribution in [-0.4, -0.2) is 42.1 Å². The van der Waals surface area contributed by atoms with E-state index in [0.717, 1.165) is 16.7 Å². The van der Waals surface area contributed by atoms with Crippen molar-refractivity contribution >= 4 is 46.0 Å². The first-order valence-electron chi connectivity index (χ1n) is 10.8. The van der Waals surface area contributed by atoms with Gasteiger partial charge >= 0.3 is 0 Å². The minimum atomic E-state index is -0.476. The number of amides is 1. The van der Waals surface area contributed by atoms with Crippen LogP contribution in [-0.2, 0) is 17.0 Å². The van der Waals surface area contributed by atoms with E-state index in [9.17, 15) is 4.79 Å². The van der Waals surface area contributed by atoms with Crippen LogP contribution in [0.25, 0.3) is 0 Å². The number of amidine groups is 2. The Morgan fingerprint density at radius 1 is 0.971 bits per heavy atom. The fourth-order valence-corrected chi connectivity index (χ4v) is 5.41. The van der Waals surface area contributed by atoms with Gasteiger partial charge in [-0.25, -0.2) is 4.99 Å². The molecular formula is C26H22ClN3O3S. The number of methoxy groups -OCH3 is 2. The van der Waals surface area contributed by atoms with Crippen molar-refractivity contribution in [1.82, 2.24) is 4.90 Å². The van der Waals surface area contributed by atoms with Gasteiger partial charge in [0.15, 0.2) is 16.7 Å². The molecule has 0 aromatic heterocycles. The van der Waals surface area contributed by atoms with Crippen molar-refractivity contribution in [2.24, 2.45) is 9.98 Å². The van der Waals surface area contributed by atoms with Crippen LogP contribution in [0.2, 0.25) is 5.02 Å². The van der Waals surface area contributed by atoms with Crippen LogP contribution in [0.3, 0.4) is 0 Å². The van der Waals surface area contributed by atoms with Crippen LogP contribution in [0.1, 0.15) is 16.7 Å². The molecule has 2 heterocycles. The summed E-state index contributed by atoms with van der Waals surface area (Å²) in [5.74, 6) is 2.13. The van der Waals surface area contributed by atoms with Crippen LogP contribution in [0.4, 0.5) is 5.69 Å². The number of ether oxygens (including phenoxy) is 2. The van der Waals surface area contributed by atoms with Crippen LogP contribution < -0.4 is 9.47 Å². The van der Waals surface area contributed by atoms with Crippen molar-refractivity contribution in [3.05, 3.63) is 88.4 Å². The minimum Gasteiger partial charge on any atom is -0.493 e. The second-order valence-corrected chi connectivity index (χ2v) is 9.20. The van der Waals surface area contributed by atoms with Crippen molar-refractivity contribution in [2.75, 3.05) is 14.2 Å². The number of hydrogen-bond donors (Lipinski definition) is 0. The van der Waals surface area contributed by atoms with E-state index < -0.39 is 6.04 Å². The van der Waals surface area contributed by atoms with Crippen molar-refractivity contribution in [2.45, 2.75) is 18.2 Å². The van der Waals surface area contributed by atoms with E-state index in [0.29, 0.717) is 45.4 Å². The minimum absolute atomic E-state index is 0.187. The first kappa shape index (κ1) is 22.5. The molecule has 2 aliphatic rings. The fraction of sp³-hybridized carbons (Fsp3) is 0.192. The van der Waals surface area contributed by atoms with Crippen LogP contribution in [0, 0.1) is 0 Å². The number of aliphatic imine (C=N–C) groups is 2. The second kappa shape index (κ2) is 9.52. The van der Waals surface area contributed by atoms with Crippen LogP contribution in [0.5, 0.6) is 11.5 Å². The molecule has 34 heavy (non-hydrogen) atoms. The Balaban J connectivity index is 1.56. The molecule has 0 saturated carbocycles. The molecule has 6 nitrogen and oxygen atoms in total. The quantitative estimate of drug-likeness (QED) is 0.456. The number of hydrogen-bond acceptors (Lipinski definition) is 6. The first-order valence-corrected chi connectivity index (χ1v) is 12.1. The van der Waals surface area contributed by atoms with Gasteiger partial charge in [-0.05, 0) is 23.3 Å². The summed E-state index contributed by atoms with van der Waals surface area (Å²) >= 11 is 7.92. The summed E-state index contributed by atoms with van der Waals surface area (Å²) in [6.07, 6.45) is 0.529. The number of fused-ring (bicyclic) bond motifs is 3. The molecule has 1 amide bonds. The van der Waals surface area contributed by atoms with Gasteiger partial charge in [-0.1, -0.05) is 71.9 Å². The maximum Gasteiger partial charge on any atom is 0.271 e. The van der Waals surface area contributed by atoms with Crippen LogP contribution in [0.15, 0.2) is 76.7 Å². The van der Waals surface area contributed by atoms with Gasteiger partial charge in [-0.3, -0.25) is 9.69 Å². The molecule has 8 heteroatoms. The normalized spacial score (nSPS) is 16.5. The third-order valence-electron chi connectivity index (χ3n) is 5.79. The molecule has 0 aliphatic carbocycles. The average Bonchev–Trinajstić information content (AvgIpc) is 3.19. The molecule has 5 rings (SSSR count). The highest BCUT2D eigenvalue weighted by atomic mass is 35.5. The Morgan fingerprint density at radius 3 is 2.41 bits per heavy atom. The summed E-state index contributed by atoms with van der Waals surface area (Å²) in [7, 11) is 3.17. The molecule has 3 aromatic rings. The molecule has 0 fully saturated rings. The Morgan fingerprint density at radius 2 is 1.68 bits per heavy atom. The standard InChI is InChI=1S/C26H22ClN3O3S/c1-32-22-13-18-20(14-23(22)33-2)28-26(34-15-17-10-6-7-11-19(17)27)30-21(25(31)29-24(18)30)12-16-8-4-3-5-9-16/h3-11,13-14,21H,12,15H2,1-2H3/t21-/m1/s1. The molecular weight excluding hydrogens is 470 g/mol. The van der Waals surface area contributed by atoms with Crippen LogP contribution >= 0.6 is 23.4 Å². The van der Waals surface area contributed by atoms with E-state index in [1.165, 1.54) is 11.8 Å². The zero-order valence-electron chi connectivity index (χ0n) is 18.7. The predicted octanol–water partition coefficient (Wildman–Crippen LogP) is 5.49. The molecule has 0 saturated heterocycles. The number of rotatable bonds is 6. The Labute approximate surface area is 207 Å². The van der Waals surface area contributed by atoms with E-state index in [2.05, 4.69) is 4.99 Å². The molecule has 172 valence electrons. The third-order valence-corrected chi connectivity index (χ3v) is 7.16. The molecule has 0 spiro atoms. The van der Waals surface area contributed by atoms with Gasteiger partial charge < -0.3 is 9.47 Å². The summed E-state index contributed by atoms with van der Waals surface area (Å²) in [4.78, 5) is 24.5. The summed E-state index contributed by atoms with van der Waals surface area (Å²) < 4.78 is 11.0. The molecule has 0 bridgehead atoms. The van der Waals surface area contributed by atoms with Crippen molar-refractivity contribution in [3.63, 3.8) is 0 Å². The third kappa shape index (κ3) is 4.17. The zero-order valence-corrected chi connectivity index (χ0v) is 20.3. The SMILES string of the molecule is COc1cc2c(cc1OC)C1=NC(=O)[C@@H](Cc3ccccc3)N1C(SCc1ccccc1Cl)=N2. The number of carbonyl (C=O) groups excluding carboxylic acids is 1. The smallest absolute Gasteiger partial charge is 0.271 e. The maximum absolute atomic E-state index is 13.1. The second-order valence-electron chi connectivity index (χ2n) is 7.85. The Kier molecular flexibility index (Phi) is 6.30. The molecule has 3 aromatic carbocycles. The maximum atomic E-state index is 13.1. The summed E-state index contributed by atoms with van der Waals surface area (Å²) in [5, 5.41) is 1.40. The van der Waals surface area contributed by atoms with Gasteiger partial charge in [-0.2, -0.15) is 4.99 Å². The molecule has 0 N–H and O–H groups in total. The van der Waals surface area contributed by atoms with Gasteiger partial charge in [0.2, 0.25) is 0 Å². The number of benzene rings is 3. The summed E-state index contributed by atoms with van der Waals surface area (Å²) in [6.45, 7) is 0. The highest BCUT2D eigenvalue weighted by Gasteiger charge is 2.42. The van der Waals surface area contributed by atoms with Crippen molar-refractivity contribution in [1.29, 1.82) is 0 Å². The Bertz CT molecular complexity index is 1310. The van der Waals surface area contributed by atoms with E-state index in [-0.39, 0.29) is 5.91 Å². The van der Waals surface area contributed by atoms with E-state index in [1.54, 1.807) is 14.2 Å². The highest BCUT2D eigenvalue weighted by Crippen LogP contribution is 2.41. The predicted molar refractivity (Wildman–Crippen MR) is 137 cm³/mol. The summed E-state index contributed by atoms with van der Waals surface area (Å²) in [6, 6.07) is 20.8. The molecule has 0 radical (unpaired) electrons. The number of thioether (sulfide) groups is 1. The van der Waals surface area contributed by atoms with E-state index in [4.69, 9.17) is 26.1 Å². The lowest BCUT2D eigenvalue weighted by Crippen LogP contribution is -2.44. The van der Waals surface area contributed by atoms with Gasteiger partial charge in [0.1, 0.15) is 11.9 Å². The van der Waals surface area contributed by atoms with Gasteiger partial charge in [-0.15, -0.1) is 0 Å². The lowest BCUT2D eigenvalue weighted by Gasteiger charge is -2.31. The topological polar surface area (TPSA) is 63.5 Å². The van der Waals surface area contributed by atoms with Gasteiger partial charge in [0.25, 0.3) is 5.91 Å². The number of nitrogens with zero attached hydrogens (tertiary/aromatic N) is 3. The fourth-order valence-electron chi connectivity index (χ4n) is 4.08. The number of halogens is 1. The zero-order chi connectivity index (χ0) is 23.7. The number of carbonyl (C=O) groups is 1. The summed E-state index contributed by atoms with van der Waals surface area (Å²) in [5.41, 5.74) is 3.48. The lowest BCUT2D eigenvalue weighted by molar-refractivity contribution is -0.119. The van der Waals surface area contributed by atoms with E-state index in [1.807, 2.05) is 71.6 Å².